The van der Waals surface area contributed by atoms with Crippen LogP contribution in [0.2, 0.25) is 0 Å². The molecule has 6 heteroatoms. The van der Waals surface area contributed by atoms with Crippen LogP contribution in [0.4, 0.5) is 18.9 Å². The highest BCUT2D eigenvalue weighted by atomic mass is 19.4. The lowest BCUT2D eigenvalue weighted by atomic mass is 10.1. The molecule has 0 aliphatic rings. The zero-order valence-corrected chi connectivity index (χ0v) is 8.47. The van der Waals surface area contributed by atoms with Crippen LogP contribution in [0.5, 0.6) is 5.75 Å². The summed E-state index contributed by atoms with van der Waals surface area (Å²) in [5.41, 5.74) is 5.85. The minimum absolute atomic E-state index is 0.0141. The number of ketones is 1. The van der Waals surface area contributed by atoms with E-state index in [0.717, 1.165) is 0 Å². The molecule has 0 aromatic heterocycles. The summed E-state index contributed by atoms with van der Waals surface area (Å²) in [6, 6.07) is 3.81. The molecule has 0 unspecified atom stereocenters. The van der Waals surface area contributed by atoms with E-state index in [2.05, 4.69) is 4.74 Å². The van der Waals surface area contributed by atoms with Crippen molar-refractivity contribution < 1.29 is 22.7 Å². The van der Waals surface area contributed by atoms with Gasteiger partial charge in [0, 0.05) is 17.3 Å². The molecular weight excluding hydrogens is 223 g/mol. The van der Waals surface area contributed by atoms with E-state index in [1.807, 2.05) is 0 Å². The molecule has 3 nitrogen and oxygen atoms in total. The average molecular weight is 233 g/mol. The summed E-state index contributed by atoms with van der Waals surface area (Å²) in [5, 5.41) is 0. The van der Waals surface area contributed by atoms with Crippen molar-refractivity contribution in [3.05, 3.63) is 23.8 Å². The SMILES string of the molecule is CC(=O)c1ccc(OCC(F)(F)F)cc1N. The normalized spacial score (nSPS) is 11.2. The Hall–Kier alpha value is -1.72. The Labute approximate surface area is 90.0 Å². The van der Waals surface area contributed by atoms with Gasteiger partial charge in [-0.2, -0.15) is 13.2 Å². The monoisotopic (exact) mass is 233 g/mol. The van der Waals surface area contributed by atoms with E-state index in [9.17, 15) is 18.0 Å². The van der Waals surface area contributed by atoms with E-state index >= 15 is 0 Å². The van der Waals surface area contributed by atoms with Crippen molar-refractivity contribution in [1.82, 2.24) is 0 Å². The second kappa shape index (κ2) is 4.42. The van der Waals surface area contributed by atoms with Crippen molar-refractivity contribution in [3.63, 3.8) is 0 Å². The number of rotatable bonds is 3. The Kier molecular flexibility index (Phi) is 3.41. The van der Waals surface area contributed by atoms with Gasteiger partial charge in [-0.3, -0.25) is 4.79 Å². The van der Waals surface area contributed by atoms with Gasteiger partial charge < -0.3 is 10.5 Å². The van der Waals surface area contributed by atoms with Gasteiger partial charge in [0.15, 0.2) is 12.4 Å². The molecule has 88 valence electrons. The molecule has 0 saturated carbocycles. The van der Waals surface area contributed by atoms with Crippen LogP contribution in [0.25, 0.3) is 0 Å². The van der Waals surface area contributed by atoms with Crippen molar-refractivity contribution in [2.45, 2.75) is 13.1 Å². The molecule has 0 fully saturated rings. The largest absolute Gasteiger partial charge is 0.484 e. The minimum Gasteiger partial charge on any atom is -0.484 e. The number of carbonyl (C=O) groups is 1. The molecule has 0 saturated heterocycles. The maximum atomic E-state index is 11.8. The Morgan fingerprint density at radius 1 is 1.44 bits per heavy atom. The van der Waals surface area contributed by atoms with Crippen molar-refractivity contribution in [1.29, 1.82) is 0 Å². The quantitative estimate of drug-likeness (QED) is 0.644. The highest BCUT2D eigenvalue weighted by Crippen LogP contribution is 2.22. The summed E-state index contributed by atoms with van der Waals surface area (Å²) in [4.78, 5) is 11.0. The van der Waals surface area contributed by atoms with E-state index < -0.39 is 12.8 Å². The summed E-state index contributed by atoms with van der Waals surface area (Å²) in [6.45, 7) is -0.0617. The topological polar surface area (TPSA) is 52.3 Å². The fourth-order valence-corrected chi connectivity index (χ4v) is 1.12. The molecule has 0 aliphatic carbocycles. The lowest BCUT2D eigenvalue weighted by Gasteiger charge is -2.10. The van der Waals surface area contributed by atoms with Crippen LogP contribution in [0.3, 0.4) is 0 Å². The first-order chi connectivity index (χ1) is 7.29. The van der Waals surface area contributed by atoms with Gasteiger partial charge >= 0.3 is 6.18 Å². The molecule has 1 rings (SSSR count). The predicted molar refractivity (Wildman–Crippen MR) is 52.4 cm³/mol. The summed E-state index contributed by atoms with van der Waals surface area (Å²) in [5.74, 6) is -0.264. The van der Waals surface area contributed by atoms with Crippen LogP contribution in [-0.4, -0.2) is 18.6 Å². The predicted octanol–water partition coefficient (Wildman–Crippen LogP) is 2.41. The summed E-state index contributed by atoms with van der Waals surface area (Å²) in [7, 11) is 0. The van der Waals surface area contributed by atoms with E-state index in [-0.39, 0.29) is 22.8 Å². The Morgan fingerprint density at radius 2 is 2.06 bits per heavy atom. The first kappa shape index (κ1) is 12.4. The average Bonchev–Trinajstić information content (AvgIpc) is 2.13. The van der Waals surface area contributed by atoms with Crippen LogP contribution in [0.1, 0.15) is 17.3 Å². The van der Waals surface area contributed by atoms with Crippen molar-refractivity contribution in [3.8, 4) is 5.75 Å². The zero-order valence-electron chi connectivity index (χ0n) is 8.47. The molecule has 16 heavy (non-hydrogen) atoms. The van der Waals surface area contributed by atoms with Gasteiger partial charge in [0.25, 0.3) is 0 Å². The molecule has 0 bridgehead atoms. The number of nitrogen functional groups attached to an aromatic ring is 1. The molecule has 0 radical (unpaired) electrons. The third-order valence-electron chi connectivity index (χ3n) is 1.80. The molecule has 0 atom stereocenters. The minimum atomic E-state index is -4.39. The highest BCUT2D eigenvalue weighted by molar-refractivity contribution is 5.99. The number of benzene rings is 1. The van der Waals surface area contributed by atoms with Gasteiger partial charge in [0.2, 0.25) is 0 Å². The Balaban J connectivity index is 2.78. The van der Waals surface area contributed by atoms with Crippen LogP contribution in [0, 0.1) is 0 Å². The maximum Gasteiger partial charge on any atom is 0.422 e. The van der Waals surface area contributed by atoms with Crippen molar-refractivity contribution >= 4 is 11.5 Å². The molecule has 0 aliphatic heterocycles. The third kappa shape index (κ3) is 3.45. The number of nitrogens with two attached hydrogens (primary N) is 1. The number of anilines is 1. The lowest BCUT2D eigenvalue weighted by molar-refractivity contribution is -0.153. The number of hydrogen-bond acceptors (Lipinski definition) is 3. The Bertz CT molecular complexity index is 402. The van der Waals surface area contributed by atoms with E-state index in [0.29, 0.717) is 0 Å². The molecular formula is C10H10F3NO2. The number of hydrogen-bond donors (Lipinski definition) is 1. The number of ether oxygens (including phenoxy) is 1. The molecule has 2 N–H and O–H groups in total. The van der Waals surface area contributed by atoms with Crippen LogP contribution in [0.15, 0.2) is 18.2 Å². The second-order valence-electron chi connectivity index (χ2n) is 3.21. The van der Waals surface area contributed by atoms with Crippen LogP contribution < -0.4 is 10.5 Å². The van der Waals surface area contributed by atoms with Crippen molar-refractivity contribution in [2.24, 2.45) is 0 Å². The lowest BCUT2D eigenvalue weighted by Crippen LogP contribution is -2.19. The number of alkyl halides is 3. The van der Waals surface area contributed by atoms with Gasteiger partial charge in [0.05, 0.1) is 0 Å². The fourth-order valence-electron chi connectivity index (χ4n) is 1.12. The second-order valence-corrected chi connectivity index (χ2v) is 3.21. The molecule has 0 amide bonds. The summed E-state index contributed by atoms with van der Waals surface area (Å²) < 4.78 is 40.0. The van der Waals surface area contributed by atoms with E-state index in [4.69, 9.17) is 5.73 Å². The first-order valence-electron chi connectivity index (χ1n) is 4.39. The van der Waals surface area contributed by atoms with E-state index in [1.54, 1.807) is 0 Å². The van der Waals surface area contributed by atoms with Crippen LogP contribution >= 0.6 is 0 Å². The Morgan fingerprint density at radius 3 is 2.50 bits per heavy atom. The van der Waals surface area contributed by atoms with E-state index in [1.165, 1.54) is 25.1 Å². The third-order valence-corrected chi connectivity index (χ3v) is 1.80. The zero-order chi connectivity index (χ0) is 12.3. The number of carbonyl (C=O) groups excluding carboxylic acids is 1. The van der Waals surface area contributed by atoms with Gasteiger partial charge in [-0.05, 0) is 19.1 Å². The molecule has 0 spiro atoms. The van der Waals surface area contributed by atoms with Gasteiger partial charge in [-0.15, -0.1) is 0 Å². The van der Waals surface area contributed by atoms with Crippen molar-refractivity contribution in [2.75, 3.05) is 12.3 Å². The molecule has 0 heterocycles. The fraction of sp³-hybridized carbons (Fsp3) is 0.300. The summed E-state index contributed by atoms with van der Waals surface area (Å²) >= 11 is 0. The number of Topliss-reactive ketones (excluding diaryl/α,β-unsaturated/α-hetero) is 1. The molecule has 1 aromatic rings. The molecule has 1 aromatic carbocycles. The maximum absolute atomic E-state index is 11.8. The standard InChI is InChI=1S/C10H10F3NO2/c1-6(15)8-3-2-7(4-9(8)14)16-5-10(11,12)13/h2-4H,5,14H2,1H3. The van der Waals surface area contributed by atoms with Gasteiger partial charge in [-0.25, -0.2) is 0 Å². The van der Waals surface area contributed by atoms with Crippen LogP contribution in [-0.2, 0) is 0 Å². The number of halogens is 3. The van der Waals surface area contributed by atoms with Gasteiger partial charge in [0.1, 0.15) is 5.75 Å². The highest BCUT2D eigenvalue weighted by Gasteiger charge is 2.28. The smallest absolute Gasteiger partial charge is 0.422 e. The first-order valence-corrected chi connectivity index (χ1v) is 4.39. The van der Waals surface area contributed by atoms with Gasteiger partial charge in [-0.1, -0.05) is 0 Å². The summed E-state index contributed by atoms with van der Waals surface area (Å²) in [6.07, 6.45) is -4.39.